The van der Waals surface area contributed by atoms with Gasteiger partial charge in [0.05, 0.1) is 7.11 Å². The molecule has 0 saturated heterocycles. The van der Waals surface area contributed by atoms with Crippen molar-refractivity contribution in [3.05, 3.63) is 72.3 Å². The summed E-state index contributed by atoms with van der Waals surface area (Å²) < 4.78 is 10.2. The Morgan fingerprint density at radius 3 is 2.41 bits per heavy atom. The van der Waals surface area contributed by atoms with Gasteiger partial charge in [0, 0.05) is 6.54 Å². The molecule has 1 amide bonds. The lowest BCUT2D eigenvalue weighted by Gasteiger charge is -2.09. The van der Waals surface area contributed by atoms with Gasteiger partial charge in [-0.1, -0.05) is 49.0 Å². The van der Waals surface area contributed by atoms with Crippen LogP contribution in [0, 0.1) is 0 Å². The molecule has 0 aliphatic heterocycles. The first kappa shape index (κ1) is 15.6. The summed E-state index contributed by atoms with van der Waals surface area (Å²) in [7, 11) is 1.33. The van der Waals surface area contributed by atoms with E-state index in [4.69, 9.17) is 4.74 Å². The summed E-state index contributed by atoms with van der Waals surface area (Å²) in [5.41, 5.74) is 2.86. The van der Waals surface area contributed by atoms with Gasteiger partial charge in [0.2, 0.25) is 0 Å². The highest BCUT2D eigenvalue weighted by atomic mass is 16.5. The van der Waals surface area contributed by atoms with Gasteiger partial charge in [-0.25, -0.2) is 4.79 Å². The highest BCUT2D eigenvalue weighted by molar-refractivity contribution is 5.72. The van der Waals surface area contributed by atoms with E-state index in [1.54, 1.807) is 0 Å². The largest absolute Gasteiger partial charge is 0.489 e. The molecule has 2 aromatic carbocycles. The number of para-hydroxylation sites is 1. The van der Waals surface area contributed by atoms with E-state index in [-0.39, 0.29) is 0 Å². The number of nitrogens with one attached hydrogen (secondary N) is 1. The number of rotatable bonds is 6. The Morgan fingerprint density at radius 2 is 1.77 bits per heavy atom. The van der Waals surface area contributed by atoms with E-state index in [0.29, 0.717) is 13.2 Å². The SMILES string of the molecule is C=C(CNC(=O)OC)c1ccc(COc2ccccc2)cc1. The van der Waals surface area contributed by atoms with E-state index in [1.807, 2.05) is 54.6 Å². The molecule has 22 heavy (non-hydrogen) atoms. The molecule has 1 N–H and O–H groups in total. The van der Waals surface area contributed by atoms with Gasteiger partial charge in [-0.2, -0.15) is 0 Å². The second-order valence-electron chi connectivity index (χ2n) is 4.75. The summed E-state index contributed by atoms with van der Waals surface area (Å²) in [6.07, 6.45) is -0.464. The zero-order valence-corrected chi connectivity index (χ0v) is 12.5. The van der Waals surface area contributed by atoms with Crippen LogP contribution < -0.4 is 10.1 Å². The number of carbonyl (C=O) groups excluding carboxylic acids is 1. The van der Waals surface area contributed by atoms with Crippen molar-refractivity contribution in [2.75, 3.05) is 13.7 Å². The number of hydrogen-bond acceptors (Lipinski definition) is 3. The van der Waals surface area contributed by atoms with Crippen LogP contribution in [-0.4, -0.2) is 19.7 Å². The molecule has 114 valence electrons. The summed E-state index contributed by atoms with van der Waals surface area (Å²) in [6.45, 7) is 4.82. The van der Waals surface area contributed by atoms with Gasteiger partial charge in [-0.05, 0) is 28.8 Å². The minimum atomic E-state index is -0.464. The predicted molar refractivity (Wildman–Crippen MR) is 86.7 cm³/mol. The van der Waals surface area contributed by atoms with E-state index in [0.717, 1.165) is 22.4 Å². The lowest BCUT2D eigenvalue weighted by molar-refractivity contribution is 0.172. The molecule has 2 rings (SSSR count). The first-order valence-electron chi connectivity index (χ1n) is 6.96. The maximum absolute atomic E-state index is 11.0. The summed E-state index contributed by atoms with van der Waals surface area (Å²) >= 11 is 0. The molecule has 0 heterocycles. The second kappa shape index (κ2) is 7.88. The summed E-state index contributed by atoms with van der Waals surface area (Å²) in [4.78, 5) is 11.0. The molecular formula is C18H19NO3. The Balaban J connectivity index is 1.87. The van der Waals surface area contributed by atoms with Crippen molar-refractivity contribution in [1.29, 1.82) is 0 Å². The zero-order chi connectivity index (χ0) is 15.8. The summed E-state index contributed by atoms with van der Waals surface area (Å²) in [6, 6.07) is 17.6. The fraction of sp³-hybridized carbons (Fsp3) is 0.167. The van der Waals surface area contributed by atoms with E-state index in [1.165, 1.54) is 7.11 Å². The van der Waals surface area contributed by atoms with E-state index < -0.39 is 6.09 Å². The van der Waals surface area contributed by atoms with E-state index in [2.05, 4.69) is 16.6 Å². The first-order valence-corrected chi connectivity index (χ1v) is 6.96. The van der Waals surface area contributed by atoms with Crippen molar-refractivity contribution < 1.29 is 14.3 Å². The zero-order valence-electron chi connectivity index (χ0n) is 12.5. The van der Waals surface area contributed by atoms with Crippen LogP contribution >= 0.6 is 0 Å². The van der Waals surface area contributed by atoms with Crippen molar-refractivity contribution in [3.63, 3.8) is 0 Å². The Bertz CT molecular complexity index is 621. The quantitative estimate of drug-likeness (QED) is 0.885. The molecule has 0 aromatic heterocycles. The summed E-state index contributed by atoms with van der Waals surface area (Å²) in [5.74, 6) is 0.846. The molecule has 0 radical (unpaired) electrons. The fourth-order valence-electron chi connectivity index (χ4n) is 1.87. The third-order valence-electron chi connectivity index (χ3n) is 3.14. The molecule has 0 saturated carbocycles. The maximum atomic E-state index is 11.0. The van der Waals surface area contributed by atoms with E-state index in [9.17, 15) is 4.79 Å². The van der Waals surface area contributed by atoms with Crippen LogP contribution in [0.15, 0.2) is 61.2 Å². The molecule has 2 aromatic rings. The number of hydrogen-bond donors (Lipinski definition) is 1. The Morgan fingerprint density at radius 1 is 1.09 bits per heavy atom. The molecule has 4 nitrogen and oxygen atoms in total. The third-order valence-corrected chi connectivity index (χ3v) is 3.14. The lowest BCUT2D eigenvalue weighted by atomic mass is 10.1. The predicted octanol–water partition coefficient (Wildman–Crippen LogP) is 3.63. The molecule has 0 atom stereocenters. The number of carbonyl (C=O) groups is 1. The smallest absolute Gasteiger partial charge is 0.407 e. The number of amides is 1. The molecule has 0 spiro atoms. The Labute approximate surface area is 130 Å². The normalized spacial score (nSPS) is 9.86. The number of alkyl carbamates (subject to hydrolysis) is 1. The van der Waals surface area contributed by atoms with Crippen LogP contribution in [0.3, 0.4) is 0 Å². The van der Waals surface area contributed by atoms with Crippen LogP contribution in [0.25, 0.3) is 5.57 Å². The molecule has 0 aliphatic rings. The van der Waals surface area contributed by atoms with Crippen LogP contribution in [0.1, 0.15) is 11.1 Å². The van der Waals surface area contributed by atoms with Crippen LogP contribution in [0.2, 0.25) is 0 Å². The Kier molecular flexibility index (Phi) is 5.60. The molecule has 0 bridgehead atoms. The molecule has 4 heteroatoms. The van der Waals surface area contributed by atoms with Crippen LogP contribution in [0.4, 0.5) is 4.79 Å². The molecule has 0 aliphatic carbocycles. The standard InChI is InChI=1S/C18H19NO3/c1-14(12-19-18(20)21-2)16-10-8-15(9-11-16)13-22-17-6-4-3-5-7-17/h3-11H,1,12-13H2,2H3,(H,19,20). The fourth-order valence-corrected chi connectivity index (χ4v) is 1.87. The maximum Gasteiger partial charge on any atom is 0.407 e. The molecule has 0 unspecified atom stereocenters. The van der Waals surface area contributed by atoms with Crippen molar-refractivity contribution >= 4 is 11.7 Å². The van der Waals surface area contributed by atoms with Gasteiger partial charge in [0.15, 0.2) is 0 Å². The minimum absolute atomic E-state index is 0.354. The van der Waals surface area contributed by atoms with Crippen LogP contribution in [-0.2, 0) is 11.3 Å². The van der Waals surface area contributed by atoms with Crippen molar-refractivity contribution in [1.82, 2.24) is 5.32 Å². The average Bonchev–Trinajstić information content (AvgIpc) is 2.59. The van der Waals surface area contributed by atoms with Crippen molar-refractivity contribution in [2.45, 2.75) is 6.61 Å². The highest BCUT2D eigenvalue weighted by Gasteiger charge is 2.03. The Hall–Kier alpha value is -2.75. The van der Waals surface area contributed by atoms with Crippen molar-refractivity contribution in [3.8, 4) is 5.75 Å². The molecular weight excluding hydrogens is 278 g/mol. The van der Waals surface area contributed by atoms with Crippen molar-refractivity contribution in [2.24, 2.45) is 0 Å². The van der Waals surface area contributed by atoms with Gasteiger partial charge < -0.3 is 14.8 Å². The highest BCUT2D eigenvalue weighted by Crippen LogP contribution is 2.15. The van der Waals surface area contributed by atoms with Gasteiger partial charge in [-0.15, -0.1) is 0 Å². The van der Waals surface area contributed by atoms with Gasteiger partial charge in [0.25, 0.3) is 0 Å². The lowest BCUT2D eigenvalue weighted by Crippen LogP contribution is -2.24. The monoisotopic (exact) mass is 297 g/mol. The molecule has 0 fully saturated rings. The second-order valence-corrected chi connectivity index (χ2v) is 4.75. The van der Waals surface area contributed by atoms with E-state index >= 15 is 0 Å². The summed E-state index contributed by atoms with van der Waals surface area (Å²) in [5, 5.41) is 2.61. The first-order chi connectivity index (χ1) is 10.7. The average molecular weight is 297 g/mol. The number of benzene rings is 2. The third kappa shape index (κ3) is 4.66. The topological polar surface area (TPSA) is 47.6 Å². The van der Waals surface area contributed by atoms with Gasteiger partial charge >= 0.3 is 6.09 Å². The number of ether oxygens (including phenoxy) is 2. The van der Waals surface area contributed by atoms with Gasteiger partial charge in [0.1, 0.15) is 12.4 Å². The van der Waals surface area contributed by atoms with Crippen LogP contribution in [0.5, 0.6) is 5.75 Å². The number of methoxy groups -OCH3 is 1. The minimum Gasteiger partial charge on any atom is -0.489 e. The van der Waals surface area contributed by atoms with Gasteiger partial charge in [-0.3, -0.25) is 0 Å².